The summed E-state index contributed by atoms with van der Waals surface area (Å²) in [4.78, 5) is 6.31. The fourth-order valence-electron chi connectivity index (χ4n) is 2.72. The number of hydrogen-bond acceptors (Lipinski definition) is 4. The van der Waals surface area contributed by atoms with Crippen molar-refractivity contribution in [1.82, 2.24) is 10.6 Å². The van der Waals surface area contributed by atoms with E-state index in [2.05, 4.69) is 42.0 Å². The van der Waals surface area contributed by atoms with Gasteiger partial charge in [-0.05, 0) is 61.4 Å². The summed E-state index contributed by atoms with van der Waals surface area (Å²) in [6.07, 6.45) is 4.09. The van der Waals surface area contributed by atoms with Crippen molar-refractivity contribution < 1.29 is 8.42 Å². The van der Waals surface area contributed by atoms with Gasteiger partial charge in [-0.3, -0.25) is 0 Å². The minimum atomic E-state index is -3.15. The van der Waals surface area contributed by atoms with Crippen LogP contribution in [0.4, 0.5) is 0 Å². The summed E-state index contributed by atoms with van der Waals surface area (Å²) >= 11 is 1.74. The number of aliphatic imine (C=N–C) groups is 1. The fourth-order valence-corrected chi connectivity index (χ4v) is 4.05. The normalized spacial score (nSPS) is 11.7. The Morgan fingerprint density at radius 2 is 1.79 bits per heavy atom. The summed E-state index contributed by atoms with van der Waals surface area (Å²) in [5.74, 6) is 0.780. The van der Waals surface area contributed by atoms with Crippen LogP contribution < -0.4 is 10.6 Å². The van der Waals surface area contributed by atoms with Gasteiger partial charge < -0.3 is 10.6 Å². The molecule has 0 aliphatic carbocycles. The summed E-state index contributed by atoms with van der Waals surface area (Å²) in [7, 11) is -3.15. The zero-order chi connectivity index (χ0) is 20.6. The molecule has 0 aromatic heterocycles. The van der Waals surface area contributed by atoms with Crippen LogP contribution in [0, 0.1) is 6.92 Å². The first-order valence-electron chi connectivity index (χ1n) is 9.28. The zero-order valence-corrected chi connectivity index (χ0v) is 21.3. The molecule has 5 nitrogen and oxygen atoms in total. The third-order valence-electron chi connectivity index (χ3n) is 4.25. The van der Waals surface area contributed by atoms with Crippen LogP contribution in [0.2, 0.25) is 0 Å². The lowest BCUT2D eigenvalue weighted by molar-refractivity contribution is 0.602. The molecule has 0 amide bonds. The molecule has 2 rings (SSSR count). The zero-order valence-electron chi connectivity index (χ0n) is 17.4. The topological polar surface area (TPSA) is 70.6 Å². The lowest BCUT2D eigenvalue weighted by Gasteiger charge is -2.12. The molecule has 0 saturated heterocycles. The maximum absolute atomic E-state index is 11.5. The van der Waals surface area contributed by atoms with Crippen LogP contribution in [0.5, 0.6) is 0 Å². The Bertz CT molecular complexity index is 914. The van der Waals surface area contributed by atoms with E-state index in [9.17, 15) is 8.42 Å². The fraction of sp³-hybridized carbons (Fsp3) is 0.381. The van der Waals surface area contributed by atoms with E-state index in [1.807, 2.05) is 19.1 Å². The molecule has 2 N–H and O–H groups in total. The molecule has 0 aliphatic heterocycles. The van der Waals surface area contributed by atoms with Crippen LogP contribution in [-0.4, -0.2) is 40.0 Å². The predicted octanol–water partition coefficient (Wildman–Crippen LogP) is 4.04. The maximum Gasteiger partial charge on any atom is 0.191 e. The molecule has 0 heterocycles. The molecule has 160 valence electrons. The van der Waals surface area contributed by atoms with Gasteiger partial charge >= 0.3 is 0 Å². The van der Waals surface area contributed by atoms with E-state index >= 15 is 0 Å². The number of nitrogens with one attached hydrogen (secondary N) is 2. The standard InChI is InChI=1S/C21H29N3O2S2.HI/c1-5-22-21(24-15-18-9-6-16(2)14-20(18)27-3)23-13-12-17-7-10-19(11-8-17)28(4,25)26;/h6-11,14H,5,12-13,15H2,1-4H3,(H2,22,23,24);1H. The molecule has 0 atom stereocenters. The summed E-state index contributed by atoms with van der Waals surface area (Å²) in [6, 6.07) is 13.5. The van der Waals surface area contributed by atoms with Gasteiger partial charge in [0.1, 0.15) is 0 Å². The first-order valence-corrected chi connectivity index (χ1v) is 12.4. The second-order valence-corrected chi connectivity index (χ2v) is 9.47. The number of benzene rings is 2. The average Bonchev–Trinajstić information content (AvgIpc) is 2.66. The molecular weight excluding hydrogens is 517 g/mol. The van der Waals surface area contributed by atoms with E-state index < -0.39 is 9.84 Å². The van der Waals surface area contributed by atoms with Gasteiger partial charge in [0.05, 0.1) is 11.4 Å². The SMILES string of the molecule is CCNC(=NCc1ccc(C)cc1SC)NCCc1ccc(S(C)(=O)=O)cc1.I. The number of rotatable bonds is 8. The van der Waals surface area contributed by atoms with Gasteiger partial charge in [-0.25, -0.2) is 13.4 Å². The van der Waals surface area contributed by atoms with E-state index in [1.54, 1.807) is 23.9 Å². The summed E-state index contributed by atoms with van der Waals surface area (Å²) in [5, 5.41) is 6.62. The van der Waals surface area contributed by atoms with E-state index in [0.717, 1.165) is 24.5 Å². The smallest absolute Gasteiger partial charge is 0.191 e. The monoisotopic (exact) mass is 547 g/mol. The van der Waals surface area contributed by atoms with Gasteiger partial charge in [-0.15, -0.1) is 35.7 Å². The third kappa shape index (κ3) is 8.55. The Labute approximate surface area is 196 Å². The average molecular weight is 548 g/mol. The van der Waals surface area contributed by atoms with E-state index in [-0.39, 0.29) is 24.0 Å². The van der Waals surface area contributed by atoms with E-state index in [4.69, 9.17) is 4.99 Å². The maximum atomic E-state index is 11.5. The van der Waals surface area contributed by atoms with Crippen molar-refractivity contribution in [2.75, 3.05) is 25.6 Å². The van der Waals surface area contributed by atoms with Crippen molar-refractivity contribution in [1.29, 1.82) is 0 Å². The molecule has 0 radical (unpaired) electrons. The van der Waals surface area contributed by atoms with Crippen LogP contribution in [0.15, 0.2) is 57.2 Å². The molecule has 0 spiro atoms. The second-order valence-electron chi connectivity index (χ2n) is 6.60. The highest BCUT2D eigenvalue weighted by molar-refractivity contribution is 14.0. The molecule has 0 fully saturated rings. The first-order chi connectivity index (χ1) is 13.3. The molecular formula is C21H30IN3O2S2. The largest absolute Gasteiger partial charge is 0.357 e. The lowest BCUT2D eigenvalue weighted by Crippen LogP contribution is -2.38. The number of hydrogen-bond donors (Lipinski definition) is 2. The van der Waals surface area contributed by atoms with Crippen molar-refractivity contribution >= 4 is 51.5 Å². The Morgan fingerprint density at radius 1 is 1.10 bits per heavy atom. The summed E-state index contributed by atoms with van der Waals surface area (Å²) in [6.45, 7) is 6.27. The van der Waals surface area contributed by atoms with E-state index in [1.165, 1.54) is 22.3 Å². The number of guanidine groups is 1. The quantitative estimate of drug-likeness (QED) is 0.226. The van der Waals surface area contributed by atoms with Crippen LogP contribution in [0.1, 0.15) is 23.6 Å². The molecule has 29 heavy (non-hydrogen) atoms. The van der Waals surface area contributed by atoms with Gasteiger partial charge in [0.2, 0.25) is 0 Å². The Kier molecular flexibility index (Phi) is 11.1. The Hall–Kier alpha value is -1.26. The first kappa shape index (κ1) is 25.8. The molecule has 0 unspecified atom stereocenters. The van der Waals surface area contributed by atoms with Crippen molar-refractivity contribution in [3.8, 4) is 0 Å². The number of thioether (sulfide) groups is 1. The van der Waals surface area contributed by atoms with Gasteiger partial charge in [0.15, 0.2) is 15.8 Å². The van der Waals surface area contributed by atoms with Gasteiger partial charge in [0.25, 0.3) is 0 Å². The highest BCUT2D eigenvalue weighted by Gasteiger charge is 2.06. The van der Waals surface area contributed by atoms with Crippen molar-refractivity contribution in [2.45, 2.75) is 36.6 Å². The van der Waals surface area contributed by atoms with Gasteiger partial charge in [0, 0.05) is 24.2 Å². The number of nitrogens with zero attached hydrogens (tertiary/aromatic N) is 1. The van der Waals surface area contributed by atoms with E-state index in [0.29, 0.717) is 18.0 Å². The number of aryl methyl sites for hydroxylation is 1. The Morgan fingerprint density at radius 3 is 2.38 bits per heavy atom. The minimum absolute atomic E-state index is 0. The van der Waals surface area contributed by atoms with Gasteiger partial charge in [-0.1, -0.05) is 24.3 Å². The third-order valence-corrected chi connectivity index (χ3v) is 6.20. The van der Waals surface area contributed by atoms with Crippen LogP contribution in [0.25, 0.3) is 0 Å². The highest BCUT2D eigenvalue weighted by atomic mass is 127. The van der Waals surface area contributed by atoms with Crippen molar-refractivity contribution in [2.24, 2.45) is 4.99 Å². The molecule has 0 aliphatic rings. The predicted molar refractivity (Wildman–Crippen MR) is 134 cm³/mol. The van der Waals surface area contributed by atoms with Crippen LogP contribution >= 0.6 is 35.7 Å². The highest BCUT2D eigenvalue weighted by Crippen LogP contribution is 2.22. The van der Waals surface area contributed by atoms with Crippen molar-refractivity contribution in [3.05, 3.63) is 59.2 Å². The van der Waals surface area contributed by atoms with Crippen LogP contribution in [-0.2, 0) is 22.8 Å². The number of sulfone groups is 1. The molecule has 2 aromatic rings. The second kappa shape index (κ2) is 12.4. The summed E-state index contributed by atoms with van der Waals surface area (Å²) in [5.41, 5.74) is 3.55. The van der Waals surface area contributed by atoms with Crippen LogP contribution in [0.3, 0.4) is 0 Å². The minimum Gasteiger partial charge on any atom is -0.357 e. The summed E-state index contributed by atoms with van der Waals surface area (Å²) < 4.78 is 23.1. The lowest BCUT2D eigenvalue weighted by atomic mass is 10.1. The van der Waals surface area contributed by atoms with Gasteiger partial charge in [-0.2, -0.15) is 0 Å². The molecule has 0 saturated carbocycles. The van der Waals surface area contributed by atoms with Crippen molar-refractivity contribution in [3.63, 3.8) is 0 Å². The Balaban J connectivity index is 0.00000420. The number of halogens is 1. The molecule has 0 bridgehead atoms. The molecule has 8 heteroatoms. The molecule has 2 aromatic carbocycles.